The summed E-state index contributed by atoms with van der Waals surface area (Å²) < 4.78 is 14.0. The number of anilines is 1. The molecule has 6 aromatic rings. The molecule has 55 heavy (non-hydrogen) atoms. The molecule has 0 atom stereocenters. The topological polar surface area (TPSA) is 64.0 Å². The highest BCUT2D eigenvalue weighted by Gasteiger charge is 2.31. The SMILES string of the molecule is COc1cccc(CN(C(=O)c2cc(-c3cc(Cl)ccc3C(=O)N3CCc4ccccc4C3)n3c2CCCC3)c2ccc(OCc3ccccc3)cc2)c1C. The Labute approximate surface area is 327 Å². The highest BCUT2D eigenvalue weighted by molar-refractivity contribution is 6.31. The molecule has 0 aliphatic carbocycles. The van der Waals surface area contributed by atoms with Gasteiger partial charge in [0.05, 0.1) is 19.2 Å². The number of rotatable bonds is 10. The number of carbonyl (C=O) groups excluding carboxylic acids is 2. The molecule has 2 aliphatic heterocycles. The number of benzene rings is 5. The van der Waals surface area contributed by atoms with Crippen LogP contribution in [0.2, 0.25) is 5.02 Å². The molecule has 5 aromatic carbocycles. The molecule has 8 rings (SSSR count). The van der Waals surface area contributed by atoms with Gasteiger partial charge in [-0.2, -0.15) is 0 Å². The van der Waals surface area contributed by atoms with E-state index in [0.717, 1.165) is 83.1 Å². The predicted octanol–water partition coefficient (Wildman–Crippen LogP) is 10.1. The van der Waals surface area contributed by atoms with Crippen LogP contribution >= 0.6 is 11.6 Å². The van der Waals surface area contributed by atoms with Crippen molar-refractivity contribution >= 4 is 29.1 Å². The Bertz CT molecular complexity index is 2350. The largest absolute Gasteiger partial charge is 0.496 e. The van der Waals surface area contributed by atoms with Gasteiger partial charge in [0.1, 0.15) is 18.1 Å². The van der Waals surface area contributed by atoms with Gasteiger partial charge in [0, 0.05) is 52.9 Å². The number of carbonyl (C=O) groups is 2. The third-order valence-electron chi connectivity index (χ3n) is 11.0. The molecule has 3 heterocycles. The average Bonchev–Trinajstić information content (AvgIpc) is 3.62. The number of amides is 2. The fraction of sp³-hybridized carbons (Fsp3) is 0.234. The number of hydrogen-bond acceptors (Lipinski definition) is 4. The fourth-order valence-corrected chi connectivity index (χ4v) is 8.12. The summed E-state index contributed by atoms with van der Waals surface area (Å²) in [5.41, 5.74) is 10.0. The van der Waals surface area contributed by atoms with Crippen molar-refractivity contribution in [1.82, 2.24) is 9.47 Å². The molecule has 7 nitrogen and oxygen atoms in total. The van der Waals surface area contributed by atoms with Gasteiger partial charge in [-0.05, 0) is 115 Å². The zero-order valence-corrected chi connectivity index (χ0v) is 32.0. The number of methoxy groups -OCH3 is 1. The molecule has 0 spiro atoms. The Hall–Kier alpha value is -5.79. The molecule has 0 bridgehead atoms. The number of fused-ring (bicyclic) bond motifs is 2. The molecular weight excluding hydrogens is 706 g/mol. The van der Waals surface area contributed by atoms with E-state index in [1.54, 1.807) is 13.2 Å². The molecule has 2 aliphatic rings. The summed E-state index contributed by atoms with van der Waals surface area (Å²) >= 11 is 6.68. The summed E-state index contributed by atoms with van der Waals surface area (Å²) in [6.45, 7) is 4.75. The summed E-state index contributed by atoms with van der Waals surface area (Å²) in [5, 5.41) is 0.541. The number of ether oxygens (including phenoxy) is 2. The van der Waals surface area contributed by atoms with Gasteiger partial charge in [-0.3, -0.25) is 9.59 Å². The lowest BCUT2D eigenvalue weighted by Crippen LogP contribution is -2.36. The second-order valence-corrected chi connectivity index (χ2v) is 14.8. The first-order valence-corrected chi connectivity index (χ1v) is 19.3. The Kier molecular flexibility index (Phi) is 10.5. The van der Waals surface area contributed by atoms with E-state index in [0.29, 0.717) is 42.4 Å². The molecule has 0 saturated carbocycles. The molecule has 0 saturated heterocycles. The maximum absolute atomic E-state index is 15.1. The molecule has 0 N–H and O–H groups in total. The molecule has 278 valence electrons. The van der Waals surface area contributed by atoms with Crippen molar-refractivity contribution in [2.75, 3.05) is 18.6 Å². The molecule has 0 fully saturated rings. The molecule has 1 aromatic heterocycles. The second-order valence-electron chi connectivity index (χ2n) is 14.3. The first kappa shape index (κ1) is 36.2. The zero-order chi connectivity index (χ0) is 37.9. The van der Waals surface area contributed by atoms with E-state index in [4.69, 9.17) is 21.1 Å². The van der Waals surface area contributed by atoms with Crippen molar-refractivity contribution in [3.8, 4) is 22.8 Å². The molecule has 0 radical (unpaired) electrons. The van der Waals surface area contributed by atoms with Crippen molar-refractivity contribution in [3.05, 3.63) is 171 Å². The van der Waals surface area contributed by atoms with E-state index < -0.39 is 0 Å². The Morgan fingerprint density at radius 3 is 2.36 bits per heavy atom. The first-order valence-electron chi connectivity index (χ1n) is 19.0. The number of halogens is 1. The maximum Gasteiger partial charge on any atom is 0.260 e. The molecule has 8 heteroatoms. The van der Waals surface area contributed by atoms with Gasteiger partial charge in [0.15, 0.2) is 0 Å². The van der Waals surface area contributed by atoms with Crippen molar-refractivity contribution in [2.24, 2.45) is 0 Å². The summed E-state index contributed by atoms with van der Waals surface area (Å²) in [7, 11) is 1.66. The number of hydrogen-bond donors (Lipinski definition) is 0. The Morgan fingerprint density at radius 2 is 1.56 bits per heavy atom. The predicted molar refractivity (Wildman–Crippen MR) is 218 cm³/mol. The van der Waals surface area contributed by atoms with Crippen LogP contribution in [0.15, 0.2) is 121 Å². The van der Waals surface area contributed by atoms with Crippen molar-refractivity contribution < 1.29 is 19.1 Å². The van der Waals surface area contributed by atoms with Gasteiger partial charge in [-0.15, -0.1) is 0 Å². The lowest BCUT2D eigenvalue weighted by molar-refractivity contribution is 0.0735. The third kappa shape index (κ3) is 7.49. The van der Waals surface area contributed by atoms with E-state index in [-0.39, 0.29) is 11.8 Å². The molecule has 2 amide bonds. The highest BCUT2D eigenvalue weighted by Crippen LogP contribution is 2.37. The van der Waals surface area contributed by atoms with Crippen LogP contribution in [-0.4, -0.2) is 34.9 Å². The van der Waals surface area contributed by atoms with Gasteiger partial charge >= 0.3 is 0 Å². The van der Waals surface area contributed by atoms with E-state index >= 15 is 4.79 Å². The van der Waals surface area contributed by atoms with Crippen LogP contribution in [0, 0.1) is 6.92 Å². The minimum Gasteiger partial charge on any atom is -0.496 e. The quantitative estimate of drug-likeness (QED) is 0.140. The van der Waals surface area contributed by atoms with Crippen LogP contribution < -0.4 is 14.4 Å². The van der Waals surface area contributed by atoms with Gasteiger partial charge in [0.25, 0.3) is 11.8 Å². The normalized spacial score (nSPS) is 13.5. The minimum atomic E-state index is -0.111. The Morgan fingerprint density at radius 1 is 0.782 bits per heavy atom. The second kappa shape index (κ2) is 15.9. The van der Waals surface area contributed by atoms with Crippen LogP contribution in [0.4, 0.5) is 5.69 Å². The van der Waals surface area contributed by atoms with Crippen LogP contribution in [0.25, 0.3) is 11.3 Å². The van der Waals surface area contributed by atoms with Crippen LogP contribution in [0.1, 0.15) is 67.1 Å². The van der Waals surface area contributed by atoms with E-state index in [1.807, 2.05) is 114 Å². The van der Waals surface area contributed by atoms with Crippen LogP contribution in [-0.2, 0) is 39.1 Å². The summed E-state index contributed by atoms with van der Waals surface area (Å²) in [5.74, 6) is 1.34. The van der Waals surface area contributed by atoms with Gasteiger partial charge in [-0.1, -0.05) is 78.3 Å². The summed E-state index contributed by atoms with van der Waals surface area (Å²) in [6.07, 6.45) is 3.52. The van der Waals surface area contributed by atoms with Crippen LogP contribution in [0.3, 0.4) is 0 Å². The first-order chi connectivity index (χ1) is 26.9. The van der Waals surface area contributed by atoms with Gasteiger partial charge in [-0.25, -0.2) is 0 Å². The van der Waals surface area contributed by atoms with Crippen LogP contribution in [0.5, 0.6) is 11.5 Å². The lowest BCUT2D eigenvalue weighted by atomic mass is 9.97. The van der Waals surface area contributed by atoms with Crippen molar-refractivity contribution in [3.63, 3.8) is 0 Å². The van der Waals surface area contributed by atoms with E-state index in [9.17, 15) is 4.79 Å². The maximum atomic E-state index is 15.1. The van der Waals surface area contributed by atoms with Gasteiger partial charge in [0.2, 0.25) is 0 Å². The number of aromatic nitrogens is 1. The summed E-state index contributed by atoms with van der Waals surface area (Å²) in [6, 6.07) is 39.5. The molecular formula is C47H44ClN3O4. The van der Waals surface area contributed by atoms with Crippen molar-refractivity contribution in [1.29, 1.82) is 0 Å². The van der Waals surface area contributed by atoms with Crippen molar-refractivity contribution in [2.45, 2.75) is 58.8 Å². The smallest absolute Gasteiger partial charge is 0.260 e. The fourth-order valence-electron chi connectivity index (χ4n) is 7.95. The Balaban J connectivity index is 1.16. The lowest BCUT2D eigenvalue weighted by Gasteiger charge is -2.30. The summed E-state index contributed by atoms with van der Waals surface area (Å²) in [4.78, 5) is 33.2. The third-order valence-corrected chi connectivity index (χ3v) is 11.2. The van der Waals surface area contributed by atoms with E-state index in [2.05, 4.69) is 22.8 Å². The standard InChI is InChI=1S/C47H44ClN3O4/c1-32-35(15-10-17-45(32)54-2)30-51(38-19-21-39(22-20-38)55-31-33-11-4-3-5-12-33)47(53)42-28-44(50-25-9-8-16-43(42)50)41-27-37(48)18-23-40(41)46(52)49-26-24-34-13-6-7-14-36(34)29-49/h3-7,10-15,17-23,27-28H,8-9,16,24-26,29-31H2,1-2H3. The van der Waals surface area contributed by atoms with Gasteiger partial charge < -0.3 is 23.8 Å². The number of nitrogens with zero attached hydrogens (tertiary/aromatic N) is 3. The zero-order valence-electron chi connectivity index (χ0n) is 31.3. The molecule has 0 unspecified atom stereocenters. The highest BCUT2D eigenvalue weighted by atomic mass is 35.5. The van der Waals surface area contributed by atoms with E-state index in [1.165, 1.54) is 11.1 Å². The minimum absolute atomic E-state index is 0.0369. The average molecular weight is 750 g/mol. The monoisotopic (exact) mass is 749 g/mol.